The molecule has 0 unspecified atom stereocenters. The summed E-state index contributed by atoms with van der Waals surface area (Å²) in [5, 5.41) is 0. The number of methoxy groups -OCH3 is 1. The average molecular weight is 428 g/mol. The lowest BCUT2D eigenvalue weighted by atomic mass is 10.2. The predicted octanol–water partition coefficient (Wildman–Crippen LogP) is 5.81. The van der Waals surface area contributed by atoms with Gasteiger partial charge in [-0.15, -0.1) is 0 Å². The monoisotopic (exact) mass is 426 g/mol. The molecule has 0 radical (unpaired) electrons. The Morgan fingerprint density at radius 2 is 1.64 bits per heavy atom. The predicted molar refractivity (Wildman–Crippen MR) is 95.7 cm³/mol. The molecule has 2 rings (SSSR count). The van der Waals surface area contributed by atoms with Crippen molar-refractivity contribution in [3.8, 4) is 23.0 Å². The van der Waals surface area contributed by atoms with Crippen molar-refractivity contribution in [1.82, 2.24) is 0 Å². The van der Waals surface area contributed by atoms with Gasteiger partial charge in [-0.05, 0) is 92.9 Å². The Bertz CT molecular complexity index is 647. The third-order valence-electron chi connectivity index (χ3n) is 2.92. The quantitative estimate of drug-likeness (QED) is 0.582. The van der Waals surface area contributed by atoms with E-state index in [1.165, 1.54) is 0 Å². The van der Waals surface area contributed by atoms with Gasteiger partial charge in [0.15, 0.2) is 0 Å². The van der Waals surface area contributed by atoms with Crippen molar-refractivity contribution >= 4 is 31.9 Å². The zero-order valence-corrected chi connectivity index (χ0v) is 15.5. The average Bonchev–Trinajstić information content (AvgIpc) is 2.50. The maximum atomic E-state index is 5.87. The van der Waals surface area contributed by atoms with Crippen LogP contribution in [0, 0.1) is 6.92 Å². The minimum Gasteiger partial charge on any atom is -0.497 e. The molecular weight excluding hydrogens is 412 g/mol. The first kappa shape index (κ1) is 16.9. The van der Waals surface area contributed by atoms with Crippen LogP contribution in [0.15, 0.2) is 51.9 Å². The highest BCUT2D eigenvalue weighted by molar-refractivity contribution is 9.28. The Morgan fingerprint density at radius 3 is 2.23 bits per heavy atom. The van der Waals surface area contributed by atoms with Crippen LogP contribution < -0.4 is 14.2 Å². The van der Waals surface area contributed by atoms with E-state index >= 15 is 0 Å². The molecule has 5 heteroatoms. The van der Waals surface area contributed by atoms with Gasteiger partial charge < -0.3 is 14.2 Å². The van der Waals surface area contributed by atoms with Gasteiger partial charge in [-0.1, -0.05) is 0 Å². The highest BCUT2D eigenvalue weighted by Crippen LogP contribution is 2.29. The fourth-order valence-electron chi connectivity index (χ4n) is 1.80. The molecule has 22 heavy (non-hydrogen) atoms. The molecule has 0 saturated carbocycles. The Balaban J connectivity index is 2.04. The van der Waals surface area contributed by atoms with Crippen LogP contribution in [0.3, 0.4) is 0 Å². The fraction of sp³-hybridized carbons (Fsp3) is 0.176. The molecule has 3 nitrogen and oxygen atoms in total. The Kier molecular flexibility index (Phi) is 6.34. The molecule has 0 saturated heterocycles. The summed E-state index contributed by atoms with van der Waals surface area (Å²) in [4.78, 5) is 0. The number of benzene rings is 2. The van der Waals surface area contributed by atoms with Crippen molar-refractivity contribution in [3.05, 3.63) is 57.5 Å². The summed E-state index contributed by atoms with van der Waals surface area (Å²) in [6.07, 6.45) is 1.89. The summed E-state index contributed by atoms with van der Waals surface area (Å²) in [6.45, 7) is 2.48. The summed E-state index contributed by atoms with van der Waals surface area (Å²) in [5.41, 5.74) is 1.01. The summed E-state index contributed by atoms with van der Waals surface area (Å²) in [7, 11) is 1.64. The lowest BCUT2D eigenvalue weighted by molar-refractivity contribution is 0.361. The highest BCUT2D eigenvalue weighted by Gasteiger charge is 2.04. The first-order chi connectivity index (χ1) is 10.6. The molecule has 116 valence electrons. The van der Waals surface area contributed by atoms with E-state index in [0.29, 0.717) is 6.61 Å². The van der Waals surface area contributed by atoms with E-state index in [0.717, 1.165) is 32.0 Å². The van der Waals surface area contributed by atoms with Crippen molar-refractivity contribution in [2.24, 2.45) is 0 Å². The van der Waals surface area contributed by atoms with Crippen LogP contribution in [0.4, 0.5) is 0 Å². The number of aryl methyl sites for hydroxylation is 1. The Morgan fingerprint density at radius 1 is 1.00 bits per heavy atom. The third kappa shape index (κ3) is 5.07. The number of hydrogen-bond donors (Lipinski definition) is 0. The Hall–Kier alpha value is -1.46. The second kappa shape index (κ2) is 8.25. The van der Waals surface area contributed by atoms with Gasteiger partial charge in [-0.3, -0.25) is 0 Å². The molecule has 0 heterocycles. The van der Waals surface area contributed by atoms with Crippen molar-refractivity contribution < 1.29 is 14.2 Å². The van der Waals surface area contributed by atoms with Gasteiger partial charge in [0, 0.05) is 0 Å². The van der Waals surface area contributed by atoms with Crippen LogP contribution in [0.1, 0.15) is 5.56 Å². The Labute approximate surface area is 147 Å². The van der Waals surface area contributed by atoms with Crippen LogP contribution in [0.25, 0.3) is 0 Å². The van der Waals surface area contributed by atoms with Gasteiger partial charge >= 0.3 is 0 Å². The van der Waals surface area contributed by atoms with Gasteiger partial charge in [0.2, 0.25) is 0 Å². The molecule has 2 aromatic carbocycles. The summed E-state index contributed by atoms with van der Waals surface area (Å²) in [6, 6.07) is 13.2. The van der Waals surface area contributed by atoms with E-state index in [2.05, 4.69) is 31.9 Å². The van der Waals surface area contributed by atoms with Gasteiger partial charge in [0.1, 0.15) is 29.6 Å². The molecule has 2 aromatic rings. The van der Waals surface area contributed by atoms with Crippen molar-refractivity contribution in [2.45, 2.75) is 6.92 Å². The van der Waals surface area contributed by atoms with E-state index in [4.69, 9.17) is 14.2 Å². The maximum Gasteiger partial charge on any atom is 0.130 e. The lowest BCUT2D eigenvalue weighted by Crippen LogP contribution is -1.95. The molecule has 0 N–H and O–H groups in total. The smallest absolute Gasteiger partial charge is 0.130 e. The highest BCUT2D eigenvalue weighted by atomic mass is 79.9. The van der Waals surface area contributed by atoms with Crippen LogP contribution in [0.5, 0.6) is 23.0 Å². The number of halogens is 2. The zero-order valence-electron chi connectivity index (χ0n) is 12.3. The van der Waals surface area contributed by atoms with Crippen LogP contribution in [0.2, 0.25) is 0 Å². The minimum atomic E-state index is 0.490. The maximum absolute atomic E-state index is 5.87. The molecule has 0 aliphatic carbocycles. The standard InChI is InChI=1S/C17H16Br2O3/c1-12-11-15(21-10-9-17(18)19)7-8-16(12)22-14-5-3-13(20-2)4-6-14/h3-9,11H,10H2,1-2H3. The van der Waals surface area contributed by atoms with Gasteiger partial charge in [-0.2, -0.15) is 0 Å². The van der Waals surface area contributed by atoms with E-state index in [9.17, 15) is 0 Å². The SMILES string of the molecule is COc1ccc(Oc2ccc(OCC=C(Br)Br)cc2C)cc1. The largest absolute Gasteiger partial charge is 0.497 e. The molecule has 0 spiro atoms. The van der Waals surface area contributed by atoms with Crippen molar-refractivity contribution in [2.75, 3.05) is 13.7 Å². The van der Waals surface area contributed by atoms with E-state index in [1.807, 2.05) is 55.5 Å². The molecule has 0 amide bonds. The molecule has 0 aromatic heterocycles. The molecule has 0 atom stereocenters. The lowest BCUT2D eigenvalue weighted by Gasteiger charge is -2.11. The summed E-state index contributed by atoms with van der Waals surface area (Å²) < 4.78 is 17.5. The van der Waals surface area contributed by atoms with Crippen LogP contribution >= 0.6 is 31.9 Å². The van der Waals surface area contributed by atoms with Crippen molar-refractivity contribution in [1.29, 1.82) is 0 Å². The van der Waals surface area contributed by atoms with Crippen LogP contribution in [-0.4, -0.2) is 13.7 Å². The first-order valence-electron chi connectivity index (χ1n) is 6.65. The second-order valence-electron chi connectivity index (χ2n) is 4.51. The normalized spacial score (nSPS) is 10.0. The number of rotatable bonds is 6. The van der Waals surface area contributed by atoms with E-state index in [1.54, 1.807) is 7.11 Å². The fourth-order valence-corrected chi connectivity index (χ4v) is 2.06. The topological polar surface area (TPSA) is 27.7 Å². The molecule has 0 aliphatic rings. The van der Waals surface area contributed by atoms with E-state index < -0.39 is 0 Å². The van der Waals surface area contributed by atoms with Gasteiger partial charge in [0.25, 0.3) is 0 Å². The molecule has 0 aliphatic heterocycles. The number of ether oxygens (including phenoxy) is 3. The summed E-state index contributed by atoms with van der Waals surface area (Å²) in [5.74, 6) is 3.18. The third-order valence-corrected chi connectivity index (χ3v) is 3.57. The van der Waals surface area contributed by atoms with Gasteiger partial charge in [-0.25, -0.2) is 0 Å². The minimum absolute atomic E-state index is 0.490. The summed E-state index contributed by atoms with van der Waals surface area (Å²) >= 11 is 6.58. The first-order valence-corrected chi connectivity index (χ1v) is 8.23. The van der Waals surface area contributed by atoms with Crippen LogP contribution in [-0.2, 0) is 0 Å². The second-order valence-corrected chi connectivity index (χ2v) is 7.28. The van der Waals surface area contributed by atoms with Gasteiger partial charge in [0.05, 0.1) is 10.5 Å². The molecule has 0 fully saturated rings. The van der Waals surface area contributed by atoms with E-state index in [-0.39, 0.29) is 0 Å². The molecular formula is C17H16Br2O3. The zero-order chi connectivity index (χ0) is 15.9. The van der Waals surface area contributed by atoms with Crippen molar-refractivity contribution in [3.63, 3.8) is 0 Å². The molecule has 0 bridgehead atoms. The number of hydrogen-bond acceptors (Lipinski definition) is 3.